The number of guanidine groups is 1. The number of amides is 1. The largest absolute Gasteiger partial charge is 0.573 e. The van der Waals surface area contributed by atoms with E-state index in [0.717, 1.165) is 0 Å². The summed E-state index contributed by atoms with van der Waals surface area (Å²) in [6.07, 6.45) is -4.75. The lowest BCUT2D eigenvalue weighted by Gasteiger charge is -2.16. The van der Waals surface area contributed by atoms with E-state index in [1.807, 2.05) is 0 Å². The van der Waals surface area contributed by atoms with Gasteiger partial charge in [-0.1, -0.05) is 32.0 Å². The number of nitrogens with zero attached hydrogens (tertiary/aromatic N) is 1. The highest BCUT2D eigenvalue weighted by molar-refractivity contribution is 14.0. The maximum Gasteiger partial charge on any atom is 0.573 e. The minimum atomic E-state index is -4.75. The Bertz CT molecular complexity index is 595. The third-order valence-corrected chi connectivity index (χ3v) is 3.11. The molecule has 26 heavy (non-hydrogen) atoms. The maximum atomic E-state index is 12.4. The van der Waals surface area contributed by atoms with E-state index in [1.54, 1.807) is 27.0 Å². The molecule has 0 fully saturated rings. The van der Waals surface area contributed by atoms with Crippen molar-refractivity contribution in [2.24, 2.45) is 10.9 Å². The molecule has 1 aromatic rings. The van der Waals surface area contributed by atoms with Gasteiger partial charge in [-0.3, -0.25) is 9.79 Å². The predicted octanol–water partition coefficient (Wildman–Crippen LogP) is 2.64. The summed E-state index contributed by atoms with van der Waals surface area (Å²) in [4.78, 5) is 15.4. The number of ether oxygens (including phenoxy) is 1. The molecule has 10 heteroatoms. The smallest absolute Gasteiger partial charge is 0.405 e. The van der Waals surface area contributed by atoms with Crippen molar-refractivity contribution in [2.75, 3.05) is 20.1 Å². The Kier molecular flexibility index (Phi) is 11.0. The molecular weight excluding hydrogens is 464 g/mol. The van der Waals surface area contributed by atoms with Gasteiger partial charge in [0.2, 0.25) is 5.91 Å². The normalized spacial score (nSPS) is 11.6. The molecule has 0 saturated heterocycles. The maximum absolute atomic E-state index is 12.4. The lowest BCUT2D eigenvalue weighted by atomic mass is 10.2. The second-order valence-electron chi connectivity index (χ2n) is 5.45. The number of hydrogen-bond donors (Lipinski definition) is 3. The number of hydrogen-bond acceptors (Lipinski definition) is 3. The molecule has 3 N–H and O–H groups in total. The molecule has 0 heterocycles. The fraction of sp³-hybridized carbons (Fsp3) is 0.500. The summed E-state index contributed by atoms with van der Waals surface area (Å²) in [6.45, 7) is 4.53. The van der Waals surface area contributed by atoms with Gasteiger partial charge in [-0.05, 0) is 6.07 Å². The van der Waals surface area contributed by atoms with Crippen LogP contribution in [0.5, 0.6) is 5.75 Å². The Morgan fingerprint density at radius 3 is 2.35 bits per heavy atom. The fourth-order valence-corrected chi connectivity index (χ4v) is 1.84. The van der Waals surface area contributed by atoms with Crippen LogP contribution in [-0.2, 0) is 11.3 Å². The summed E-state index contributed by atoms with van der Waals surface area (Å²) in [5, 5.41) is 8.61. The van der Waals surface area contributed by atoms with E-state index in [1.165, 1.54) is 18.2 Å². The molecule has 0 aromatic heterocycles. The lowest BCUT2D eigenvalue weighted by Crippen LogP contribution is -2.41. The van der Waals surface area contributed by atoms with Crippen molar-refractivity contribution in [2.45, 2.75) is 26.8 Å². The Morgan fingerprint density at radius 1 is 1.15 bits per heavy atom. The van der Waals surface area contributed by atoms with E-state index in [2.05, 4.69) is 25.7 Å². The van der Waals surface area contributed by atoms with Gasteiger partial charge in [0.15, 0.2) is 5.96 Å². The van der Waals surface area contributed by atoms with Gasteiger partial charge in [0.1, 0.15) is 5.75 Å². The van der Waals surface area contributed by atoms with E-state index in [0.29, 0.717) is 24.6 Å². The summed E-state index contributed by atoms with van der Waals surface area (Å²) in [6, 6.07) is 5.87. The van der Waals surface area contributed by atoms with E-state index in [4.69, 9.17) is 0 Å². The molecule has 0 radical (unpaired) electrons. The first-order chi connectivity index (χ1) is 11.7. The zero-order valence-electron chi connectivity index (χ0n) is 14.8. The van der Waals surface area contributed by atoms with Crippen LogP contribution in [0.2, 0.25) is 0 Å². The van der Waals surface area contributed by atoms with Crippen molar-refractivity contribution < 1.29 is 22.7 Å². The molecule has 1 rings (SSSR count). The van der Waals surface area contributed by atoms with Crippen LogP contribution < -0.4 is 20.7 Å². The molecule has 0 bridgehead atoms. The van der Waals surface area contributed by atoms with Crippen molar-refractivity contribution in [1.82, 2.24) is 16.0 Å². The highest BCUT2D eigenvalue weighted by atomic mass is 127. The Morgan fingerprint density at radius 2 is 1.77 bits per heavy atom. The highest BCUT2D eigenvalue weighted by Gasteiger charge is 2.31. The van der Waals surface area contributed by atoms with Gasteiger partial charge in [-0.25, -0.2) is 0 Å². The van der Waals surface area contributed by atoms with E-state index >= 15 is 0 Å². The third kappa shape index (κ3) is 9.68. The summed E-state index contributed by atoms with van der Waals surface area (Å²) in [5.41, 5.74) is 0.343. The predicted molar refractivity (Wildman–Crippen MR) is 105 cm³/mol. The lowest BCUT2D eigenvalue weighted by molar-refractivity contribution is -0.274. The van der Waals surface area contributed by atoms with Gasteiger partial charge >= 0.3 is 6.36 Å². The minimum Gasteiger partial charge on any atom is -0.405 e. The Hall–Kier alpha value is -1.72. The van der Waals surface area contributed by atoms with Crippen LogP contribution in [0.3, 0.4) is 0 Å². The van der Waals surface area contributed by atoms with E-state index < -0.39 is 6.36 Å². The van der Waals surface area contributed by atoms with Crippen molar-refractivity contribution >= 4 is 35.8 Å². The first kappa shape index (κ1) is 24.3. The second kappa shape index (κ2) is 11.8. The van der Waals surface area contributed by atoms with Gasteiger partial charge in [0, 0.05) is 38.2 Å². The van der Waals surface area contributed by atoms with Crippen LogP contribution in [0.25, 0.3) is 0 Å². The van der Waals surface area contributed by atoms with Crippen LogP contribution in [-0.4, -0.2) is 38.4 Å². The Labute approximate surface area is 168 Å². The molecule has 148 valence electrons. The van der Waals surface area contributed by atoms with Crippen LogP contribution >= 0.6 is 24.0 Å². The van der Waals surface area contributed by atoms with E-state index in [9.17, 15) is 18.0 Å². The second-order valence-corrected chi connectivity index (χ2v) is 5.45. The zero-order valence-corrected chi connectivity index (χ0v) is 17.1. The number of carbonyl (C=O) groups excluding carboxylic acids is 1. The average Bonchev–Trinajstić information content (AvgIpc) is 2.53. The topological polar surface area (TPSA) is 74.8 Å². The molecule has 0 aliphatic carbocycles. The van der Waals surface area contributed by atoms with Crippen LogP contribution in [0.1, 0.15) is 19.4 Å². The van der Waals surface area contributed by atoms with Crippen molar-refractivity contribution in [3.8, 4) is 5.75 Å². The molecule has 0 atom stereocenters. The first-order valence-corrected chi connectivity index (χ1v) is 7.79. The molecule has 6 nitrogen and oxygen atoms in total. The summed E-state index contributed by atoms with van der Waals surface area (Å²) < 4.78 is 41.2. The molecule has 1 amide bonds. The molecule has 0 aliphatic heterocycles. The van der Waals surface area contributed by atoms with Crippen LogP contribution in [0, 0.1) is 5.92 Å². The van der Waals surface area contributed by atoms with Gasteiger partial charge in [-0.15, -0.1) is 37.1 Å². The highest BCUT2D eigenvalue weighted by Crippen LogP contribution is 2.25. The van der Waals surface area contributed by atoms with Crippen molar-refractivity contribution in [3.63, 3.8) is 0 Å². The standard InChI is InChI=1S/C16H23F3N4O2.HI/c1-11(2)14(24)21-8-9-22-15(20-3)23-10-12-6-4-5-7-13(12)25-16(17,18)19;/h4-7,11H,8-10H2,1-3H3,(H,21,24)(H2,20,22,23);1H. The summed E-state index contributed by atoms with van der Waals surface area (Å²) in [5.74, 6) is -0.00620. The first-order valence-electron chi connectivity index (χ1n) is 7.79. The third-order valence-electron chi connectivity index (χ3n) is 3.11. The van der Waals surface area contributed by atoms with Crippen molar-refractivity contribution in [1.29, 1.82) is 0 Å². The van der Waals surface area contributed by atoms with Gasteiger partial charge in [0.05, 0.1) is 0 Å². The van der Waals surface area contributed by atoms with Crippen LogP contribution in [0.15, 0.2) is 29.3 Å². The number of benzene rings is 1. The fourth-order valence-electron chi connectivity index (χ4n) is 1.84. The molecule has 1 aromatic carbocycles. The summed E-state index contributed by atoms with van der Waals surface area (Å²) >= 11 is 0. The van der Waals surface area contributed by atoms with Crippen LogP contribution in [0.4, 0.5) is 13.2 Å². The molecule has 0 spiro atoms. The number of halogens is 4. The average molecular weight is 488 g/mol. The minimum absolute atomic E-state index is 0. The Balaban J connectivity index is 0.00000625. The van der Waals surface area contributed by atoms with Crippen molar-refractivity contribution in [3.05, 3.63) is 29.8 Å². The number of rotatable bonds is 7. The quantitative estimate of drug-likeness (QED) is 0.239. The molecule has 0 aliphatic rings. The van der Waals surface area contributed by atoms with Gasteiger partial charge in [0.25, 0.3) is 0 Å². The molecular formula is C16H24F3IN4O2. The number of nitrogens with one attached hydrogen (secondary N) is 3. The number of para-hydroxylation sites is 1. The molecule has 0 saturated carbocycles. The summed E-state index contributed by atoms with van der Waals surface area (Å²) in [7, 11) is 1.54. The SMILES string of the molecule is CN=C(NCCNC(=O)C(C)C)NCc1ccccc1OC(F)(F)F.I. The number of carbonyl (C=O) groups is 1. The zero-order chi connectivity index (χ0) is 18.9. The number of alkyl halides is 3. The number of aliphatic imine (C=N–C) groups is 1. The van der Waals surface area contributed by atoms with E-state index in [-0.39, 0.29) is 48.1 Å². The monoisotopic (exact) mass is 488 g/mol. The van der Waals surface area contributed by atoms with Gasteiger partial charge in [-0.2, -0.15) is 0 Å². The van der Waals surface area contributed by atoms with Gasteiger partial charge < -0.3 is 20.7 Å². The molecule has 0 unspecified atom stereocenters.